The number of esters is 3. The van der Waals surface area contributed by atoms with Gasteiger partial charge in [0.05, 0.1) is 19.8 Å². The van der Waals surface area contributed by atoms with Crippen molar-refractivity contribution in [2.24, 2.45) is 0 Å². The third-order valence-electron chi connectivity index (χ3n) is 2.06. The zero-order chi connectivity index (χ0) is 16.3. The van der Waals surface area contributed by atoms with E-state index >= 15 is 0 Å². The van der Waals surface area contributed by atoms with Gasteiger partial charge in [0.25, 0.3) is 0 Å². The van der Waals surface area contributed by atoms with Crippen molar-refractivity contribution < 1.29 is 28.6 Å². The number of allylic oxidation sites excluding steroid dienone is 1. The second-order valence-corrected chi connectivity index (χ2v) is 3.72. The van der Waals surface area contributed by atoms with Crippen LogP contribution in [0.25, 0.3) is 0 Å². The standard InChI is InChI=1S/C14H21NO6/c1-5-19-12(16)8-10(4)15-9-11(13(17)20-6-2)14(18)21-7-3/h8-9,15H,5-7H2,1-4H3/b10-8-. The highest BCUT2D eigenvalue weighted by atomic mass is 16.6. The maximum Gasteiger partial charge on any atom is 0.347 e. The number of ether oxygens (including phenoxy) is 3. The first kappa shape index (κ1) is 18.7. The molecule has 0 amide bonds. The molecule has 0 aliphatic heterocycles. The summed E-state index contributed by atoms with van der Waals surface area (Å²) in [6, 6.07) is 0. The van der Waals surface area contributed by atoms with E-state index in [2.05, 4.69) is 5.32 Å². The lowest BCUT2D eigenvalue weighted by molar-refractivity contribution is -0.146. The van der Waals surface area contributed by atoms with Gasteiger partial charge in [-0.25, -0.2) is 14.4 Å². The molecule has 0 saturated heterocycles. The second kappa shape index (κ2) is 10.5. The highest BCUT2D eigenvalue weighted by Gasteiger charge is 2.20. The molecule has 7 nitrogen and oxygen atoms in total. The summed E-state index contributed by atoms with van der Waals surface area (Å²) in [4.78, 5) is 34.5. The van der Waals surface area contributed by atoms with Gasteiger partial charge in [0, 0.05) is 18.0 Å². The lowest BCUT2D eigenvalue weighted by Crippen LogP contribution is -2.21. The fourth-order valence-corrected chi connectivity index (χ4v) is 1.21. The SMILES string of the molecule is CCOC(=O)/C=C(/C)NC=C(C(=O)OCC)C(=O)OCC. The second-order valence-electron chi connectivity index (χ2n) is 3.72. The van der Waals surface area contributed by atoms with Crippen molar-refractivity contribution in [2.45, 2.75) is 27.7 Å². The molecule has 0 spiro atoms. The fourth-order valence-electron chi connectivity index (χ4n) is 1.21. The van der Waals surface area contributed by atoms with Gasteiger partial charge in [-0.2, -0.15) is 0 Å². The normalized spacial score (nSPS) is 10.4. The molecule has 0 rings (SSSR count). The third-order valence-corrected chi connectivity index (χ3v) is 2.06. The Bertz CT molecular complexity index is 419. The van der Waals surface area contributed by atoms with Crippen LogP contribution in [0.5, 0.6) is 0 Å². The van der Waals surface area contributed by atoms with Gasteiger partial charge in [0.15, 0.2) is 5.57 Å². The van der Waals surface area contributed by atoms with E-state index in [1.54, 1.807) is 27.7 Å². The van der Waals surface area contributed by atoms with Gasteiger partial charge < -0.3 is 19.5 Å². The van der Waals surface area contributed by atoms with Crippen LogP contribution < -0.4 is 5.32 Å². The lowest BCUT2D eigenvalue weighted by atomic mass is 10.3. The van der Waals surface area contributed by atoms with E-state index in [1.165, 1.54) is 6.08 Å². The summed E-state index contributed by atoms with van der Waals surface area (Å²) in [7, 11) is 0. The lowest BCUT2D eigenvalue weighted by Gasteiger charge is -2.07. The predicted octanol–water partition coefficient (Wildman–Crippen LogP) is 1.05. The summed E-state index contributed by atoms with van der Waals surface area (Å²) in [5.41, 5.74) is 0.120. The van der Waals surface area contributed by atoms with E-state index in [4.69, 9.17) is 14.2 Å². The van der Waals surface area contributed by atoms with E-state index in [9.17, 15) is 14.4 Å². The molecule has 0 heterocycles. The molecule has 7 heteroatoms. The molecule has 0 bridgehead atoms. The molecule has 0 aliphatic carbocycles. The minimum absolute atomic E-state index is 0.132. The average molecular weight is 299 g/mol. The van der Waals surface area contributed by atoms with Crippen molar-refractivity contribution in [3.05, 3.63) is 23.5 Å². The Morgan fingerprint density at radius 3 is 1.81 bits per heavy atom. The van der Waals surface area contributed by atoms with Crippen LogP contribution >= 0.6 is 0 Å². The van der Waals surface area contributed by atoms with Crippen molar-refractivity contribution >= 4 is 17.9 Å². The first-order chi connectivity index (χ1) is 9.96. The topological polar surface area (TPSA) is 90.9 Å². The smallest absolute Gasteiger partial charge is 0.347 e. The molecule has 0 atom stereocenters. The number of carbonyl (C=O) groups is 3. The molecule has 0 aromatic rings. The average Bonchev–Trinajstić information content (AvgIpc) is 2.39. The summed E-state index contributed by atoms with van der Waals surface area (Å²) in [6.45, 7) is 7.05. The molecule has 0 aliphatic rings. The first-order valence-corrected chi connectivity index (χ1v) is 6.62. The van der Waals surface area contributed by atoms with Crippen LogP contribution in [0, 0.1) is 0 Å². The van der Waals surface area contributed by atoms with E-state index in [1.807, 2.05) is 0 Å². The Hall–Kier alpha value is -2.31. The third kappa shape index (κ3) is 7.76. The Morgan fingerprint density at radius 1 is 0.905 bits per heavy atom. The molecule has 21 heavy (non-hydrogen) atoms. The molecular weight excluding hydrogens is 278 g/mol. The van der Waals surface area contributed by atoms with Gasteiger partial charge in [0.1, 0.15) is 0 Å². The minimum atomic E-state index is -0.799. The van der Waals surface area contributed by atoms with Gasteiger partial charge in [-0.1, -0.05) is 0 Å². The molecule has 0 aromatic heterocycles. The van der Waals surface area contributed by atoms with Crippen LogP contribution in [0.15, 0.2) is 23.5 Å². The van der Waals surface area contributed by atoms with E-state index in [-0.39, 0.29) is 25.4 Å². The van der Waals surface area contributed by atoms with Crippen molar-refractivity contribution in [3.8, 4) is 0 Å². The van der Waals surface area contributed by atoms with Crippen LogP contribution in [-0.4, -0.2) is 37.7 Å². The van der Waals surface area contributed by atoms with E-state index in [0.717, 1.165) is 6.20 Å². The monoisotopic (exact) mass is 299 g/mol. The first-order valence-electron chi connectivity index (χ1n) is 6.62. The van der Waals surface area contributed by atoms with Crippen LogP contribution in [0.1, 0.15) is 27.7 Å². The Labute approximate surface area is 123 Å². The number of nitrogens with one attached hydrogen (secondary N) is 1. The quantitative estimate of drug-likeness (QED) is 0.235. The molecule has 0 aromatic carbocycles. The Kier molecular flexibility index (Phi) is 9.32. The van der Waals surface area contributed by atoms with Crippen molar-refractivity contribution in [3.63, 3.8) is 0 Å². The maximum atomic E-state index is 11.7. The van der Waals surface area contributed by atoms with Crippen molar-refractivity contribution in [1.29, 1.82) is 0 Å². The van der Waals surface area contributed by atoms with E-state index < -0.39 is 17.9 Å². The molecule has 118 valence electrons. The van der Waals surface area contributed by atoms with Gasteiger partial charge in [0.2, 0.25) is 0 Å². The largest absolute Gasteiger partial charge is 0.463 e. The van der Waals surface area contributed by atoms with Crippen LogP contribution in [0.4, 0.5) is 0 Å². The number of rotatable bonds is 8. The van der Waals surface area contributed by atoms with Gasteiger partial charge in [-0.15, -0.1) is 0 Å². The van der Waals surface area contributed by atoms with Crippen molar-refractivity contribution in [2.75, 3.05) is 19.8 Å². The zero-order valence-electron chi connectivity index (χ0n) is 12.7. The Balaban J connectivity index is 4.95. The minimum Gasteiger partial charge on any atom is -0.463 e. The summed E-state index contributed by atoms with van der Waals surface area (Å²) in [6.07, 6.45) is 2.34. The molecule has 0 fully saturated rings. The number of carbonyl (C=O) groups excluding carboxylic acids is 3. The highest BCUT2D eigenvalue weighted by molar-refractivity contribution is 6.14. The zero-order valence-corrected chi connectivity index (χ0v) is 12.7. The van der Waals surface area contributed by atoms with Crippen LogP contribution in [0.2, 0.25) is 0 Å². The van der Waals surface area contributed by atoms with Crippen molar-refractivity contribution in [1.82, 2.24) is 5.32 Å². The summed E-state index contributed by atoms with van der Waals surface area (Å²) in [5.74, 6) is -2.12. The maximum absolute atomic E-state index is 11.7. The summed E-state index contributed by atoms with van der Waals surface area (Å²) >= 11 is 0. The molecule has 0 saturated carbocycles. The molecular formula is C14H21NO6. The fraction of sp³-hybridized carbons (Fsp3) is 0.500. The number of hydrogen-bond acceptors (Lipinski definition) is 7. The van der Waals surface area contributed by atoms with Crippen LogP contribution in [-0.2, 0) is 28.6 Å². The van der Waals surface area contributed by atoms with Gasteiger partial charge in [-0.05, 0) is 27.7 Å². The molecule has 0 radical (unpaired) electrons. The van der Waals surface area contributed by atoms with Gasteiger partial charge in [-0.3, -0.25) is 0 Å². The molecule has 1 N–H and O–H groups in total. The Morgan fingerprint density at radius 2 is 1.38 bits per heavy atom. The highest BCUT2D eigenvalue weighted by Crippen LogP contribution is 2.02. The van der Waals surface area contributed by atoms with E-state index in [0.29, 0.717) is 5.70 Å². The number of hydrogen-bond donors (Lipinski definition) is 1. The predicted molar refractivity (Wildman–Crippen MR) is 74.9 cm³/mol. The summed E-state index contributed by atoms with van der Waals surface area (Å²) < 4.78 is 14.3. The summed E-state index contributed by atoms with van der Waals surface area (Å²) in [5, 5.41) is 2.65. The van der Waals surface area contributed by atoms with Gasteiger partial charge >= 0.3 is 17.9 Å². The van der Waals surface area contributed by atoms with Crippen LogP contribution in [0.3, 0.4) is 0 Å². The molecule has 0 unspecified atom stereocenters.